The number of rotatable bonds is 3. The summed E-state index contributed by atoms with van der Waals surface area (Å²) in [6.07, 6.45) is 4.36. The number of pyridine rings is 1. The van der Waals surface area contributed by atoms with Crippen molar-refractivity contribution in [3.8, 4) is 11.5 Å². The molecule has 0 saturated carbocycles. The molecule has 0 N–H and O–H groups in total. The lowest BCUT2D eigenvalue weighted by atomic mass is 10.1. The molecule has 30 heavy (non-hydrogen) atoms. The minimum atomic E-state index is 0.845. The molecule has 3 heteroatoms. The van der Waals surface area contributed by atoms with E-state index in [0.717, 1.165) is 42.1 Å². The van der Waals surface area contributed by atoms with Crippen LogP contribution in [-0.4, -0.2) is 11.5 Å². The Bertz CT molecular complexity index is 1310. The van der Waals surface area contributed by atoms with E-state index in [1.807, 2.05) is 36.4 Å². The molecular weight excluding hydrogens is 368 g/mol. The first kappa shape index (κ1) is 17.3. The van der Waals surface area contributed by atoms with Gasteiger partial charge in [-0.15, -0.1) is 0 Å². The van der Waals surface area contributed by atoms with E-state index >= 15 is 0 Å². The zero-order valence-corrected chi connectivity index (χ0v) is 16.9. The number of anilines is 1. The molecule has 2 heterocycles. The number of hydrogen-bond acceptors (Lipinski definition) is 3. The predicted molar refractivity (Wildman–Crippen MR) is 122 cm³/mol. The number of aryl methyl sites for hydroxylation is 1. The van der Waals surface area contributed by atoms with Gasteiger partial charge in [-0.25, -0.2) is 0 Å². The summed E-state index contributed by atoms with van der Waals surface area (Å²) in [5.74, 6) is 1.69. The molecule has 0 amide bonds. The van der Waals surface area contributed by atoms with Crippen LogP contribution in [0.25, 0.3) is 17.0 Å². The van der Waals surface area contributed by atoms with Crippen molar-refractivity contribution in [3.63, 3.8) is 0 Å². The molecule has 2 aliphatic rings. The van der Waals surface area contributed by atoms with E-state index in [0.29, 0.717) is 0 Å². The van der Waals surface area contributed by atoms with Gasteiger partial charge in [-0.05, 0) is 66.4 Å². The third-order valence-corrected chi connectivity index (χ3v) is 6.16. The molecule has 0 bridgehead atoms. The number of allylic oxidation sites excluding steroid dienone is 1. The number of benzene rings is 3. The van der Waals surface area contributed by atoms with Gasteiger partial charge in [0.2, 0.25) is 0 Å². The fourth-order valence-electron chi connectivity index (χ4n) is 4.74. The van der Waals surface area contributed by atoms with Crippen LogP contribution in [0.2, 0.25) is 0 Å². The van der Waals surface area contributed by atoms with Crippen LogP contribution >= 0.6 is 0 Å². The lowest BCUT2D eigenvalue weighted by molar-refractivity contribution is 0.483. The highest BCUT2D eigenvalue weighted by Crippen LogP contribution is 2.42. The fraction of sp³-hybridized carbons (Fsp3) is 0.148. The Morgan fingerprint density at radius 2 is 1.73 bits per heavy atom. The number of para-hydroxylation sites is 1. The molecule has 146 valence electrons. The molecule has 3 nitrogen and oxygen atoms in total. The third kappa shape index (κ3) is 2.78. The predicted octanol–water partition coefficient (Wildman–Crippen LogP) is 6.30. The zero-order valence-electron chi connectivity index (χ0n) is 16.9. The monoisotopic (exact) mass is 390 g/mol. The van der Waals surface area contributed by atoms with Crippen LogP contribution in [0.3, 0.4) is 0 Å². The van der Waals surface area contributed by atoms with E-state index in [1.165, 1.54) is 33.5 Å². The Morgan fingerprint density at radius 1 is 0.900 bits per heavy atom. The molecule has 1 aromatic heterocycles. The third-order valence-electron chi connectivity index (χ3n) is 6.16. The lowest BCUT2D eigenvalue weighted by Crippen LogP contribution is -2.19. The van der Waals surface area contributed by atoms with Crippen molar-refractivity contribution in [3.05, 3.63) is 101 Å². The maximum Gasteiger partial charge on any atom is 0.128 e. The molecule has 1 aliphatic heterocycles. The first-order chi connectivity index (χ1) is 14.8. The average molecular weight is 390 g/mol. The van der Waals surface area contributed by atoms with Crippen LogP contribution in [-0.2, 0) is 12.8 Å². The molecule has 3 aromatic carbocycles. The molecule has 0 radical (unpaired) electrons. The molecule has 6 rings (SSSR count). The van der Waals surface area contributed by atoms with E-state index in [2.05, 4.69) is 54.3 Å². The highest BCUT2D eigenvalue weighted by atomic mass is 16.5. The molecule has 0 atom stereocenters. The summed E-state index contributed by atoms with van der Waals surface area (Å²) in [5, 5.41) is 1.17. The Labute approximate surface area is 176 Å². The summed E-state index contributed by atoms with van der Waals surface area (Å²) >= 11 is 0. The van der Waals surface area contributed by atoms with Gasteiger partial charge in [0, 0.05) is 29.7 Å². The van der Waals surface area contributed by atoms with E-state index in [9.17, 15) is 0 Å². The minimum absolute atomic E-state index is 0.845. The summed E-state index contributed by atoms with van der Waals surface area (Å²) in [4.78, 5) is 7.39. The lowest BCUT2D eigenvalue weighted by Gasteiger charge is -2.23. The van der Waals surface area contributed by atoms with Gasteiger partial charge >= 0.3 is 0 Å². The smallest absolute Gasteiger partial charge is 0.128 e. The number of fused-ring (bicyclic) bond motifs is 4. The van der Waals surface area contributed by atoms with Crippen molar-refractivity contribution in [2.45, 2.75) is 19.8 Å². The molecule has 0 saturated heterocycles. The molecule has 0 spiro atoms. The van der Waals surface area contributed by atoms with Crippen molar-refractivity contribution in [2.24, 2.45) is 0 Å². The Hall–Kier alpha value is -3.59. The highest BCUT2D eigenvalue weighted by Gasteiger charge is 2.29. The van der Waals surface area contributed by atoms with Gasteiger partial charge in [0.15, 0.2) is 0 Å². The zero-order chi connectivity index (χ0) is 20.1. The van der Waals surface area contributed by atoms with E-state index < -0.39 is 0 Å². The summed E-state index contributed by atoms with van der Waals surface area (Å²) in [5.41, 5.74) is 8.93. The first-order valence-electron chi connectivity index (χ1n) is 10.5. The molecule has 0 unspecified atom stereocenters. The van der Waals surface area contributed by atoms with Gasteiger partial charge in [0.05, 0.1) is 11.2 Å². The minimum Gasteiger partial charge on any atom is -0.457 e. The van der Waals surface area contributed by atoms with Gasteiger partial charge in [-0.3, -0.25) is 4.98 Å². The SMILES string of the molecule is Cc1nc2ccc(Oc3ccccc3)cc2c2c1CCN2C1=Cc2ccccc2C1. The van der Waals surface area contributed by atoms with Gasteiger partial charge in [-0.2, -0.15) is 0 Å². The fourth-order valence-corrected chi connectivity index (χ4v) is 4.74. The number of hydrogen-bond donors (Lipinski definition) is 0. The standard InChI is InChI=1S/C27H22N2O/c1-18-24-13-14-29(21-15-19-7-5-6-8-20(19)16-21)27(24)25-17-23(11-12-26(25)28-18)30-22-9-3-2-4-10-22/h2-12,15,17H,13-14,16H2,1H3. The van der Waals surface area contributed by atoms with E-state index in [4.69, 9.17) is 9.72 Å². The second-order valence-electron chi connectivity index (χ2n) is 8.03. The molecule has 1 aliphatic carbocycles. The van der Waals surface area contributed by atoms with Crippen molar-refractivity contribution in [2.75, 3.05) is 11.4 Å². The summed E-state index contributed by atoms with van der Waals surface area (Å²) < 4.78 is 6.13. The van der Waals surface area contributed by atoms with Crippen molar-refractivity contribution in [1.29, 1.82) is 0 Å². The van der Waals surface area contributed by atoms with Crippen LogP contribution in [0.4, 0.5) is 5.69 Å². The van der Waals surface area contributed by atoms with Crippen molar-refractivity contribution >= 4 is 22.7 Å². The van der Waals surface area contributed by atoms with Gasteiger partial charge in [0.25, 0.3) is 0 Å². The van der Waals surface area contributed by atoms with Crippen molar-refractivity contribution < 1.29 is 4.74 Å². The van der Waals surface area contributed by atoms with E-state index in [-0.39, 0.29) is 0 Å². The second-order valence-corrected chi connectivity index (χ2v) is 8.03. The quantitative estimate of drug-likeness (QED) is 0.411. The van der Waals surface area contributed by atoms with Crippen LogP contribution in [0.1, 0.15) is 22.4 Å². The van der Waals surface area contributed by atoms with Crippen LogP contribution in [0, 0.1) is 6.92 Å². The summed E-state index contributed by atoms with van der Waals surface area (Å²) in [7, 11) is 0. The maximum absolute atomic E-state index is 6.13. The van der Waals surface area contributed by atoms with Crippen LogP contribution in [0.15, 0.2) is 78.5 Å². The highest BCUT2D eigenvalue weighted by molar-refractivity contribution is 5.97. The summed E-state index contributed by atoms with van der Waals surface area (Å²) in [6, 6.07) is 24.9. The normalized spacial score (nSPS) is 14.6. The Balaban J connectivity index is 1.45. The van der Waals surface area contributed by atoms with Crippen LogP contribution in [0.5, 0.6) is 11.5 Å². The van der Waals surface area contributed by atoms with E-state index in [1.54, 1.807) is 0 Å². The number of nitrogens with zero attached hydrogens (tertiary/aromatic N) is 2. The van der Waals surface area contributed by atoms with Gasteiger partial charge in [-0.1, -0.05) is 42.5 Å². The summed E-state index contributed by atoms with van der Waals surface area (Å²) in [6.45, 7) is 3.13. The molecule has 4 aromatic rings. The maximum atomic E-state index is 6.13. The van der Waals surface area contributed by atoms with Crippen molar-refractivity contribution in [1.82, 2.24) is 4.98 Å². The van der Waals surface area contributed by atoms with Gasteiger partial charge < -0.3 is 9.64 Å². The van der Waals surface area contributed by atoms with Crippen LogP contribution < -0.4 is 9.64 Å². The number of ether oxygens (including phenoxy) is 1. The largest absolute Gasteiger partial charge is 0.457 e. The number of aromatic nitrogens is 1. The molecular formula is C27H22N2O. The van der Waals surface area contributed by atoms with Gasteiger partial charge in [0.1, 0.15) is 11.5 Å². The Morgan fingerprint density at radius 3 is 2.60 bits per heavy atom. The Kier molecular flexibility index (Phi) is 3.88. The average Bonchev–Trinajstić information content (AvgIpc) is 3.40. The second kappa shape index (κ2) is 6.74. The topological polar surface area (TPSA) is 25.4 Å². The first-order valence-corrected chi connectivity index (χ1v) is 10.5. The molecule has 0 fully saturated rings.